The summed E-state index contributed by atoms with van der Waals surface area (Å²) in [7, 11) is 0. The molecule has 1 N–H and O–H groups in total. The zero-order valence-electron chi connectivity index (χ0n) is 15.0. The van der Waals surface area contributed by atoms with Gasteiger partial charge in [0.25, 0.3) is 0 Å². The van der Waals surface area contributed by atoms with Crippen LogP contribution >= 0.6 is 11.3 Å². The number of hydrogen-bond donors (Lipinski definition) is 1. The van der Waals surface area contributed by atoms with Gasteiger partial charge < -0.3 is 10.2 Å². The highest BCUT2D eigenvalue weighted by atomic mass is 32.1. The minimum atomic E-state index is -0.0308. The van der Waals surface area contributed by atoms with Crippen LogP contribution in [0.3, 0.4) is 0 Å². The van der Waals surface area contributed by atoms with Crippen molar-refractivity contribution in [2.75, 3.05) is 11.9 Å². The van der Waals surface area contributed by atoms with Crippen LogP contribution in [0.15, 0.2) is 17.6 Å². The van der Waals surface area contributed by atoms with Crippen molar-refractivity contribution in [3.05, 3.63) is 29.2 Å². The number of nitrogens with zero attached hydrogens (tertiary/aromatic N) is 4. The molecule has 0 saturated carbocycles. The summed E-state index contributed by atoms with van der Waals surface area (Å²) < 4.78 is 0. The molecule has 1 fully saturated rings. The maximum atomic E-state index is 12.7. The van der Waals surface area contributed by atoms with Gasteiger partial charge in [-0.25, -0.2) is 15.0 Å². The van der Waals surface area contributed by atoms with Crippen LogP contribution in [0.5, 0.6) is 0 Å². The molecule has 1 atom stereocenters. The van der Waals surface area contributed by atoms with Crippen LogP contribution in [0.25, 0.3) is 0 Å². The Bertz CT molecular complexity index is 716. The van der Waals surface area contributed by atoms with Gasteiger partial charge >= 0.3 is 0 Å². The average molecular weight is 359 g/mol. The third-order valence-corrected chi connectivity index (χ3v) is 4.93. The largest absolute Gasteiger partial charge is 0.332 e. The van der Waals surface area contributed by atoms with E-state index in [2.05, 4.69) is 29.1 Å². The minimum Gasteiger partial charge on any atom is -0.332 e. The summed E-state index contributed by atoms with van der Waals surface area (Å²) in [4.78, 5) is 28.2. The van der Waals surface area contributed by atoms with Crippen LogP contribution in [0.1, 0.15) is 57.1 Å². The fourth-order valence-electron chi connectivity index (χ4n) is 3.16. The highest BCUT2D eigenvalue weighted by Gasteiger charge is 2.30. The smallest absolute Gasteiger partial charge is 0.223 e. The summed E-state index contributed by atoms with van der Waals surface area (Å²) in [5, 5.41) is 5.96. The van der Waals surface area contributed by atoms with Gasteiger partial charge in [-0.15, -0.1) is 11.3 Å². The monoisotopic (exact) mass is 359 g/mol. The van der Waals surface area contributed by atoms with E-state index in [1.165, 1.54) is 11.3 Å². The molecule has 0 aromatic carbocycles. The standard InChI is InChI=1S/C18H25N5OS/c1-12(2)10-16(24)23-8-5-4-6-14(23)17-20-13(3)11-15(21-17)22-18-19-7-9-25-18/h7,9,11-12,14H,4-6,8,10H2,1-3H3,(H,19,20,21,22)/t14-/m1/s1. The third-order valence-electron chi connectivity index (χ3n) is 4.24. The van der Waals surface area contributed by atoms with Gasteiger partial charge in [0, 0.05) is 36.3 Å². The lowest BCUT2D eigenvalue weighted by Gasteiger charge is -2.35. The molecule has 0 bridgehead atoms. The molecule has 6 nitrogen and oxygen atoms in total. The predicted molar refractivity (Wildman–Crippen MR) is 99.9 cm³/mol. The second-order valence-electron chi connectivity index (χ2n) is 6.91. The van der Waals surface area contributed by atoms with E-state index in [0.717, 1.165) is 48.3 Å². The van der Waals surface area contributed by atoms with E-state index in [1.54, 1.807) is 6.20 Å². The van der Waals surface area contributed by atoms with Crippen LogP contribution < -0.4 is 5.32 Å². The highest BCUT2D eigenvalue weighted by molar-refractivity contribution is 7.13. The lowest BCUT2D eigenvalue weighted by atomic mass is 9.99. The molecule has 0 aliphatic carbocycles. The number of likely N-dealkylation sites (tertiary alicyclic amines) is 1. The first-order chi connectivity index (χ1) is 12.0. The minimum absolute atomic E-state index is 0.0308. The molecule has 1 saturated heterocycles. The number of rotatable bonds is 5. The Labute approximate surface area is 152 Å². The first-order valence-corrected chi connectivity index (χ1v) is 9.72. The summed E-state index contributed by atoms with van der Waals surface area (Å²) in [6.45, 7) is 6.91. The Kier molecular flexibility index (Phi) is 5.63. The molecule has 3 rings (SSSR count). The number of anilines is 2. The summed E-state index contributed by atoms with van der Waals surface area (Å²) in [5.74, 6) is 2.03. The second kappa shape index (κ2) is 7.91. The van der Waals surface area contributed by atoms with Crippen LogP contribution in [-0.4, -0.2) is 32.3 Å². The molecule has 2 aromatic rings. The van der Waals surface area contributed by atoms with Gasteiger partial charge in [0.05, 0.1) is 6.04 Å². The van der Waals surface area contributed by atoms with Crippen molar-refractivity contribution in [1.82, 2.24) is 19.9 Å². The number of carbonyl (C=O) groups excluding carboxylic acids is 1. The number of hydrogen-bond acceptors (Lipinski definition) is 6. The first-order valence-electron chi connectivity index (χ1n) is 8.84. The van der Waals surface area contributed by atoms with Crippen LogP contribution in [0.2, 0.25) is 0 Å². The van der Waals surface area contributed by atoms with E-state index in [0.29, 0.717) is 12.3 Å². The molecule has 0 unspecified atom stereocenters. The van der Waals surface area contributed by atoms with Crippen molar-refractivity contribution in [3.63, 3.8) is 0 Å². The van der Waals surface area contributed by atoms with Crippen molar-refractivity contribution >= 4 is 28.2 Å². The number of nitrogens with one attached hydrogen (secondary N) is 1. The SMILES string of the molecule is Cc1cc(Nc2nccs2)nc([C@H]2CCCCN2C(=O)CC(C)C)n1. The molecule has 7 heteroatoms. The molecule has 2 aromatic heterocycles. The van der Waals surface area contributed by atoms with Gasteiger partial charge in [-0.3, -0.25) is 4.79 Å². The average Bonchev–Trinajstić information content (AvgIpc) is 3.06. The van der Waals surface area contributed by atoms with Crippen LogP contribution in [-0.2, 0) is 4.79 Å². The van der Waals surface area contributed by atoms with Crippen molar-refractivity contribution in [2.45, 2.75) is 52.5 Å². The Balaban J connectivity index is 1.85. The van der Waals surface area contributed by atoms with Crippen molar-refractivity contribution < 1.29 is 4.79 Å². The summed E-state index contributed by atoms with van der Waals surface area (Å²) in [6, 6.07) is 1.88. The highest BCUT2D eigenvalue weighted by Crippen LogP contribution is 2.31. The molecule has 0 spiro atoms. The van der Waals surface area contributed by atoms with E-state index >= 15 is 0 Å². The number of amides is 1. The van der Waals surface area contributed by atoms with Gasteiger partial charge in [-0.05, 0) is 32.1 Å². The van der Waals surface area contributed by atoms with Gasteiger partial charge in [-0.2, -0.15) is 0 Å². The van der Waals surface area contributed by atoms with E-state index in [-0.39, 0.29) is 11.9 Å². The fraction of sp³-hybridized carbons (Fsp3) is 0.556. The van der Waals surface area contributed by atoms with Gasteiger partial charge in [0.2, 0.25) is 5.91 Å². The van der Waals surface area contributed by atoms with Crippen molar-refractivity contribution in [3.8, 4) is 0 Å². The molecule has 134 valence electrons. The Hall–Kier alpha value is -2.02. The number of aromatic nitrogens is 3. The maximum Gasteiger partial charge on any atom is 0.223 e. The second-order valence-corrected chi connectivity index (χ2v) is 7.81. The van der Waals surface area contributed by atoms with Crippen molar-refractivity contribution in [1.29, 1.82) is 0 Å². The fourth-order valence-corrected chi connectivity index (χ4v) is 3.70. The van der Waals surface area contributed by atoms with Crippen molar-refractivity contribution in [2.24, 2.45) is 5.92 Å². The van der Waals surface area contributed by atoms with Gasteiger partial charge in [0.1, 0.15) is 5.82 Å². The van der Waals surface area contributed by atoms with E-state index < -0.39 is 0 Å². The Morgan fingerprint density at radius 3 is 2.96 bits per heavy atom. The lowest BCUT2D eigenvalue weighted by Crippen LogP contribution is -2.39. The van der Waals surface area contributed by atoms with Crippen LogP contribution in [0, 0.1) is 12.8 Å². The topological polar surface area (TPSA) is 71.0 Å². The summed E-state index contributed by atoms with van der Waals surface area (Å²) in [6.07, 6.45) is 5.41. The Morgan fingerprint density at radius 1 is 1.40 bits per heavy atom. The molecule has 3 heterocycles. The van der Waals surface area contributed by atoms with Gasteiger partial charge in [0.15, 0.2) is 11.0 Å². The quantitative estimate of drug-likeness (QED) is 0.871. The molecule has 1 aliphatic heterocycles. The van der Waals surface area contributed by atoms with E-state index in [4.69, 9.17) is 4.98 Å². The summed E-state index contributed by atoms with van der Waals surface area (Å²) in [5.41, 5.74) is 0.894. The van der Waals surface area contributed by atoms with E-state index in [9.17, 15) is 4.79 Å². The molecule has 1 aliphatic rings. The molecule has 25 heavy (non-hydrogen) atoms. The summed E-state index contributed by atoms with van der Waals surface area (Å²) >= 11 is 1.53. The lowest BCUT2D eigenvalue weighted by molar-refractivity contribution is -0.136. The zero-order chi connectivity index (χ0) is 17.8. The Morgan fingerprint density at radius 2 is 2.24 bits per heavy atom. The predicted octanol–water partition coefficient (Wildman–Crippen LogP) is 4.08. The van der Waals surface area contributed by atoms with Gasteiger partial charge in [-0.1, -0.05) is 13.8 Å². The van der Waals surface area contributed by atoms with E-state index in [1.807, 2.05) is 23.3 Å². The molecular weight excluding hydrogens is 334 g/mol. The zero-order valence-corrected chi connectivity index (χ0v) is 15.8. The van der Waals surface area contributed by atoms with Crippen LogP contribution in [0.4, 0.5) is 10.9 Å². The molecule has 0 radical (unpaired) electrons. The molecule has 1 amide bonds. The maximum absolute atomic E-state index is 12.7. The number of aryl methyl sites for hydroxylation is 1. The first kappa shape index (κ1) is 17.8. The third kappa shape index (κ3) is 4.54. The normalized spacial score (nSPS) is 17.8. The number of thiazole rings is 1. The molecular formula is C18H25N5OS. The number of piperidine rings is 1. The number of carbonyl (C=O) groups is 1.